The highest BCUT2D eigenvalue weighted by Gasteiger charge is 2.35. The van der Waals surface area contributed by atoms with Crippen LogP contribution >= 0.6 is 0 Å². The van der Waals surface area contributed by atoms with Crippen LogP contribution in [0.1, 0.15) is 35.0 Å². The second kappa shape index (κ2) is 4.87. The normalized spacial score (nSPS) is 22.2. The fourth-order valence-corrected chi connectivity index (χ4v) is 2.07. The average molecular weight is 266 g/mol. The maximum absolute atomic E-state index is 12.0. The zero-order chi connectivity index (χ0) is 14.2. The van der Waals surface area contributed by atoms with Crippen LogP contribution in [-0.2, 0) is 14.3 Å². The molecule has 2 rings (SSSR count). The minimum atomic E-state index is -0.895. The van der Waals surface area contributed by atoms with E-state index in [0.29, 0.717) is 12.0 Å². The van der Waals surface area contributed by atoms with Gasteiger partial charge in [-0.1, -0.05) is 0 Å². The van der Waals surface area contributed by atoms with Gasteiger partial charge in [0.1, 0.15) is 17.4 Å². The van der Waals surface area contributed by atoms with Gasteiger partial charge in [0.25, 0.3) is 0 Å². The maximum Gasteiger partial charge on any atom is 0.347 e. The number of rotatable bonds is 2. The molecule has 2 atom stereocenters. The molecule has 1 aromatic rings. The molecule has 0 unspecified atom stereocenters. The third-order valence-corrected chi connectivity index (χ3v) is 2.91. The highest BCUT2D eigenvalue weighted by molar-refractivity contribution is 5.93. The summed E-state index contributed by atoms with van der Waals surface area (Å²) in [6.45, 7) is 4.83. The van der Waals surface area contributed by atoms with Crippen LogP contribution in [-0.4, -0.2) is 24.1 Å². The van der Waals surface area contributed by atoms with E-state index in [0.717, 1.165) is 0 Å². The number of carbonyl (C=O) groups excluding carboxylic acids is 2. The summed E-state index contributed by atoms with van der Waals surface area (Å²) in [5.74, 6) is -1.06. The fraction of sp³-hybridized carbons (Fsp3) is 0.462. The van der Waals surface area contributed by atoms with E-state index in [4.69, 9.17) is 13.9 Å². The Hall–Kier alpha value is -2.11. The quantitative estimate of drug-likeness (QED) is 0.746. The first-order valence-corrected chi connectivity index (χ1v) is 5.91. The molecule has 0 bridgehead atoms. The highest BCUT2D eigenvalue weighted by Crippen LogP contribution is 2.20. The van der Waals surface area contributed by atoms with Crippen LogP contribution in [0, 0.1) is 13.8 Å². The van der Waals surface area contributed by atoms with Gasteiger partial charge in [-0.05, 0) is 26.3 Å². The third kappa shape index (κ3) is 2.67. The van der Waals surface area contributed by atoms with Crippen LogP contribution < -0.4 is 5.63 Å². The van der Waals surface area contributed by atoms with Gasteiger partial charge < -0.3 is 13.9 Å². The first kappa shape index (κ1) is 13.3. The molecule has 1 aliphatic rings. The first-order valence-electron chi connectivity index (χ1n) is 5.91. The van der Waals surface area contributed by atoms with Gasteiger partial charge in [0.05, 0.1) is 0 Å². The van der Waals surface area contributed by atoms with Crippen molar-refractivity contribution in [2.75, 3.05) is 0 Å². The highest BCUT2D eigenvalue weighted by atomic mass is 16.6. The van der Waals surface area contributed by atoms with Gasteiger partial charge in [-0.25, -0.2) is 14.4 Å². The predicted octanol–water partition coefficient (Wildman–Crippen LogP) is 1.12. The second-order valence-corrected chi connectivity index (χ2v) is 4.56. The lowest BCUT2D eigenvalue weighted by molar-refractivity contribution is -0.147. The minimum Gasteiger partial charge on any atom is -0.460 e. The van der Waals surface area contributed by atoms with Crippen molar-refractivity contribution in [2.45, 2.75) is 39.4 Å². The molecule has 0 aliphatic carbocycles. The summed E-state index contributed by atoms with van der Waals surface area (Å²) in [5, 5.41) is 0. The number of esters is 2. The minimum absolute atomic E-state index is 0.173. The zero-order valence-electron chi connectivity index (χ0n) is 10.9. The molecule has 0 spiro atoms. The molecule has 1 aliphatic heterocycles. The molecular formula is C13H14O6. The largest absolute Gasteiger partial charge is 0.460 e. The van der Waals surface area contributed by atoms with Gasteiger partial charge in [0.15, 0.2) is 0 Å². The van der Waals surface area contributed by atoms with Crippen molar-refractivity contribution in [3.63, 3.8) is 0 Å². The molecule has 6 heteroatoms. The van der Waals surface area contributed by atoms with E-state index in [1.807, 2.05) is 0 Å². The lowest BCUT2D eigenvalue weighted by Gasteiger charge is -2.10. The van der Waals surface area contributed by atoms with Crippen LogP contribution in [0.4, 0.5) is 0 Å². The fourth-order valence-electron chi connectivity index (χ4n) is 2.07. The number of cyclic esters (lactones) is 1. The van der Waals surface area contributed by atoms with E-state index in [2.05, 4.69) is 0 Å². The standard InChI is InChI=1S/C13H14O6/c1-6-4-10(14)18-8(3)11(6)13(16)19-9-5-7(2)17-12(9)15/h4,7,9H,5H2,1-3H3/t7-,9+/m1/s1. The second-order valence-electron chi connectivity index (χ2n) is 4.56. The monoisotopic (exact) mass is 266 g/mol. The summed E-state index contributed by atoms with van der Waals surface area (Å²) in [6, 6.07) is 1.21. The number of aryl methyl sites for hydroxylation is 2. The topological polar surface area (TPSA) is 82.8 Å². The molecule has 1 fully saturated rings. The van der Waals surface area contributed by atoms with E-state index in [-0.39, 0.29) is 17.4 Å². The van der Waals surface area contributed by atoms with Crippen molar-refractivity contribution in [2.24, 2.45) is 0 Å². The molecule has 19 heavy (non-hydrogen) atoms. The Labute approximate surface area is 109 Å². The summed E-state index contributed by atoms with van der Waals surface area (Å²) in [7, 11) is 0. The number of hydrogen-bond acceptors (Lipinski definition) is 6. The van der Waals surface area contributed by atoms with Gasteiger partial charge in [-0.2, -0.15) is 0 Å². The van der Waals surface area contributed by atoms with E-state index < -0.39 is 23.7 Å². The number of ether oxygens (including phenoxy) is 2. The SMILES string of the molecule is Cc1cc(=O)oc(C)c1C(=O)O[C@H]1C[C@@H](C)OC1=O. The van der Waals surface area contributed by atoms with Crippen LogP contribution in [0.2, 0.25) is 0 Å². The van der Waals surface area contributed by atoms with Crippen molar-refractivity contribution >= 4 is 11.9 Å². The van der Waals surface area contributed by atoms with Gasteiger partial charge in [-0.3, -0.25) is 0 Å². The Balaban J connectivity index is 2.22. The van der Waals surface area contributed by atoms with E-state index in [1.165, 1.54) is 13.0 Å². The lowest BCUT2D eigenvalue weighted by Crippen LogP contribution is -2.24. The van der Waals surface area contributed by atoms with Gasteiger partial charge in [0.2, 0.25) is 6.10 Å². The van der Waals surface area contributed by atoms with Crippen LogP contribution in [0.15, 0.2) is 15.3 Å². The van der Waals surface area contributed by atoms with Crippen molar-refractivity contribution < 1.29 is 23.5 Å². The summed E-state index contributed by atoms with van der Waals surface area (Å²) in [5.41, 5.74) is 0.102. The summed E-state index contributed by atoms with van der Waals surface area (Å²) < 4.78 is 14.9. The Morgan fingerprint density at radius 3 is 2.58 bits per heavy atom. The summed E-state index contributed by atoms with van der Waals surface area (Å²) in [6.07, 6.45) is -0.825. The molecular weight excluding hydrogens is 252 g/mol. The third-order valence-electron chi connectivity index (χ3n) is 2.91. The van der Waals surface area contributed by atoms with Gasteiger partial charge >= 0.3 is 17.6 Å². The molecule has 1 aromatic heterocycles. The summed E-state index contributed by atoms with van der Waals surface area (Å²) >= 11 is 0. The van der Waals surface area contributed by atoms with Crippen molar-refractivity contribution in [1.29, 1.82) is 0 Å². The smallest absolute Gasteiger partial charge is 0.347 e. The predicted molar refractivity (Wildman–Crippen MR) is 63.8 cm³/mol. The average Bonchev–Trinajstić information content (AvgIpc) is 2.55. The number of carbonyl (C=O) groups is 2. The molecule has 0 amide bonds. The molecule has 0 radical (unpaired) electrons. The molecule has 0 aromatic carbocycles. The van der Waals surface area contributed by atoms with Gasteiger partial charge in [0, 0.05) is 12.5 Å². The molecule has 2 heterocycles. The van der Waals surface area contributed by atoms with Crippen molar-refractivity contribution in [1.82, 2.24) is 0 Å². The Morgan fingerprint density at radius 2 is 2.05 bits per heavy atom. The molecule has 1 saturated heterocycles. The maximum atomic E-state index is 12.0. The zero-order valence-corrected chi connectivity index (χ0v) is 10.9. The molecule has 102 valence electrons. The number of hydrogen-bond donors (Lipinski definition) is 0. The van der Waals surface area contributed by atoms with Gasteiger partial charge in [-0.15, -0.1) is 0 Å². The van der Waals surface area contributed by atoms with E-state index >= 15 is 0 Å². The lowest BCUT2D eigenvalue weighted by atomic mass is 10.1. The first-order chi connectivity index (χ1) is 8.88. The molecule has 0 saturated carbocycles. The molecule has 6 nitrogen and oxygen atoms in total. The van der Waals surface area contributed by atoms with Crippen LogP contribution in [0.3, 0.4) is 0 Å². The van der Waals surface area contributed by atoms with E-state index in [1.54, 1.807) is 13.8 Å². The Bertz CT molecular complexity index is 559. The van der Waals surface area contributed by atoms with Crippen molar-refractivity contribution in [3.05, 3.63) is 33.4 Å². The Morgan fingerprint density at radius 1 is 1.37 bits per heavy atom. The molecule has 0 N–H and O–H groups in total. The van der Waals surface area contributed by atoms with Crippen LogP contribution in [0.5, 0.6) is 0 Å². The van der Waals surface area contributed by atoms with Crippen molar-refractivity contribution in [3.8, 4) is 0 Å². The summed E-state index contributed by atoms with van der Waals surface area (Å²) in [4.78, 5) is 34.5. The Kier molecular flexibility index (Phi) is 3.42. The van der Waals surface area contributed by atoms with Crippen LogP contribution in [0.25, 0.3) is 0 Å². The van der Waals surface area contributed by atoms with E-state index in [9.17, 15) is 14.4 Å².